The van der Waals surface area contributed by atoms with Gasteiger partial charge in [-0.25, -0.2) is 8.42 Å². The highest BCUT2D eigenvalue weighted by atomic mass is 32.2. The van der Waals surface area contributed by atoms with Crippen molar-refractivity contribution < 1.29 is 13.2 Å². The molecule has 0 aliphatic carbocycles. The predicted octanol–water partition coefficient (Wildman–Crippen LogP) is 5.27. The van der Waals surface area contributed by atoms with Crippen LogP contribution in [0.5, 0.6) is 5.75 Å². The fraction of sp³-hybridized carbons (Fsp3) is 0.130. The van der Waals surface area contributed by atoms with Gasteiger partial charge in [0.2, 0.25) is 0 Å². The molecular formula is C23H22O3S. The molecule has 0 saturated heterocycles. The zero-order valence-electron chi connectivity index (χ0n) is 15.3. The largest absolute Gasteiger partial charge is 0.488 e. The van der Waals surface area contributed by atoms with E-state index in [2.05, 4.69) is 6.58 Å². The normalized spacial score (nSPS) is 11.1. The third-order valence-electron chi connectivity index (χ3n) is 4.30. The first-order chi connectivity index (χ1) is 13.0. The van der Waals surface area contributed by atoms with Gasteiger partial charge >= 0.3 is 0 Å². The summed E-state index contributed by atoms with van der Waals surface area (Å²) < 4.78 is 31.4. The summed E-state index contributed by atoms with van der Waals surface area (Å²) in [6.45, 7) is 6.21. The number of ether oxygens (including phenoxy) is 1. The van der Waals surface area contributed by atoms with Crippen molar-refractivity contribution in [2.75, 3.05) is 0 Å². The lowest BCUT2D eigenvalue weighted by atomic mass is 10.1. The van der Waals surface area contributed by atoms with Crippen LogP contribution in [0.25, 0.3) is 5.57 Å². The average Bonchev–Trinajstić information content (AvgIpc) is 2.68. The smallest absolute Gasteiger partial charge is 0.182 e. The molecule has 0 spiro atoms. The topological polar surface area (TPSA) is 43.4 Å². The van der Waals surface area contributed by atoms with Gasteiger partial charge in [0.25, 0.3) is 0 Å². The van der Waals surface area contributed by atoms with Gasteiger partial charge in [-0.2, -0.15) is 0 Å². The summed E-state index contributed by atoms with van der Waals surface area (Å²) in [5, 5.41) is 0. The third-order valence-corrected chi connectivity index (χ3v) is 5.98. The minimum absolute atomic E-state index is 0.0569. The van der Waals surface area contributed by atoms with Gasteiger partial charge in [0.1, 0.15) is 12.4 Å². The molecule has 0 heterocycles. The van der Waals surface area contributed by atoms with Crippen molar-refractivity contribution in [2.24, 2.45) is 0 Å². The van der Waals surface area contributed by atoms with E-state index >= 15 is 0 Å². The van der Waals surface area contributed by atoms with E-state index in [0.717, 1.165) is 28.0 Å². The van der Waals surface area contributed by atoms with E-state index in [1.54, 1.807) is 30.3 Å². The second kappa shape index (κ2) is 8.23. The van der Waals surface area contributed by atoms with Crippen molar-refractivity contribution in [1.82, 2.24) is 0 Å². The zero-order chi connectivity index (χ0) is 19.3. The van der Waals surface area contributed by atoms with Crippen LogP contribution in [0.15, 0.2) is 90.3 Å². The minimum atomic E-state index is -3.41. The van der Waals surface area contributed by atoms with Gasteiger partial charge in [-0.1, -0.05) is 67.2 Å². The molecule has 0 N–H and O–H groups in total. The summed E-state index contributed by atoms with van der Waals surface area (Å²) in [6, 6.07) is 23.7. The molecule has 0 aliphatic rings. The summed E-state index contributed by atoms with van der Waals surface area (Å²) >= 11 is 0. The third kappa shape index (κ3) is 4.66. The fourth-order valence-electron chi connectivity index (χ4n) is 2.86. The molecular weight excluding hydrogens is 356 g/mol. The molecule has 3 aromatic rings. The molecule has 0 bridgehead atoms. The Morgan fingerprint density at radius 3 is 2.15 bits per heavy atom. The quantitative estimate of drug-likeness (QED) is 0.562. The van der Waals surface area contributed by atoms with Crippen LogP contribution in [-0.4, -0.2) is 8.42 Å². The minimum Gasteiger partial charge on any atom is -0.488 e. The molecule has 3 nitrogen and oxygen atoms in total. The zero-order valence-corrected chi connectivity index (χ0v) is 16.1. The molecule has 0 atom stereocenters. The molecule has 3 rings (SSSR count). The van der Waals surface area contributed by atoms with E-state index in [1.807, 2.05) is 55.5 Å². The summed E-state index contributed by atoms with van der Waals surface area (Å²) in [4.78, 5) is 0.327. The highest BCUT2D eigenvalue weighted by Gasteiger charge is 2.17. The van der Waals surface area contributed by atoms with Crippen LogP contribution in [0.1, 0.15) is 23.6 Å². The number of para-hydroxylation sites is 1. The van der Waals surface area contributed by atoms with Gasteiger partial charge in [-0.15, -0.1) is 0 Å². The Morgan fingerprint density at radius 1 is 0.852 bits per heavy atom. The van der Waals surface area contributed by atoms with Crippen LogP contribution in [0.2, 0.25) is 0 Å². The fourth-order valence-corrected chi connectivity index (χ4v) is 4.29. The molecule has 0 aromatic heterocycles. The van der Waals surface area contributed by atoms with Crippen LogP contribution in [0, 0.1) is 0 Å². The Morgan fingerprint density at radius 2 is 1.44 bits per heavy atom. The molecule has 138 valence electrons. The van der Waals surface area contributed by atoms with Crippen LogP contribution in [0.3, 0.4) is 0 Å². The van der Waals surface area contributed by atoms with Gasteiger partial charge in [0.15, 0.2) is 9.84 Å². The van der Waals surface area contributed by atoms with Gasteiger partial charge < -0.3 is 4.74 Å². The second-order valence-electron chi connectivity index (χ2n) is 6.41. The molecule has 0 aliphatic heterocycles. The molecule has 0 unspecified atom stereocenters. The average molecular weight is 378 g/mol. The maximum atomic E-state index is 12.7. The first-order valence-corrected chi connectivity index (χ1v) is 10.3. The Labute approximate surface area is 160 Å². The Bertz CT molecular complexity index is 1040. The molecule has 0 saturated carbocycles. The summed E-state index contributed by atoms with van der Waals surface area (Å²) in [7, 11) is -3.41. The summed E-state index contributed by atoms with van der Waals surface area (Å²) in [5.74, 6) is 0.685. The van der Waals surface area contributed by atoms with E-state index in [0.29, 0.717) is 11.5 Å². The highest BCUT2D eigenvalue weighted by molar-refractivity contribution is 7.90. The Hall–Kier alpha value is -2.85. The van der Waals surface area contributed by atoms with Gasteiger partial charge in [-0.3, -0.25) is 0 Å². The molecule has 0 radical (unpaired) electrons. The molecule has 4 heteroatoms. The molecule has 0 amide bonds. The number of benzene rings is 3. The maximum Gasteiger partial charge on any atom is 0.182 e. The lowest BCUT2D eigenvalue weighted by Crippen LogP contribution is -2.08. The van der Waals surface area contributed by atoms with E-state index in [1.165, 1.54) is 0 Å². The van der Waals surface area contributed by atoms with Crippen molar-refractivity contribution in [3.8, 4) is 5.75 Å². The van der Waals surface area contributed by atoms with E-state index in [-0.39, 0.29) is 5.75 Å². The second-order valence-corrected chi connectivity index (χ2v) is 8.40. The number of rotatable bonds is 7. The van der Waals surface area contributed by atoms with Gasteiger partial charge in [0, 0.05) is 5.56 Å². The lowest BCUT2D eigenvalue weighted by Gasteiger charge is -2.14. The Kier molecular flexibility index (Phi) is 5.77. The van der Waals surface area contributed by atoms with E-state index < -0.39 is 9.84 Å². The molecule has 3 aromatic carbocycles. The maximum absolute atomic E-state index is 12.7. The van der Waals surface area contributed by atoms with Crippen molar-refractivity contribution in [1.29, 1.82) is 0 Å². The van der Waals surface area contributed by atoms with E-state index in [4.69, 9.17) is 4.74 Å². The summed E-state index contributed by atoms with van der Waals surface area (Å²) in [5.41, 5.74) is 3.47. The Balaban J connectivity index is 1.82. The van der Waals surface area contributed by atoms with Crippen molar-refractivity contribution >= 4 is 15.4 Å². The number of allylic oxidation sites excluding steroid dienone is 1. The van der Waals surface area contributed by atoms with Crippen LogP contribution >= 0.6 is 0 Å². The first kappa shape index (κ1) is 18.9. The first-order valence-electron chi connectivity index (χ1n) is 8.69. The lowest BCUT2D eigenvalue weighted by molar-refractivity contribution is 0.304. The molecule has 27 heavy (non-hydrogen) atoms. The summed E-state index contributed by atoms with van der Waals surface area (Å²) in [6.07, 6.45) is 0. The van der Waals surface area contributed by atoms with Gasteiger partial charge in [0.05, 0.1) is 10.6 Å². The van der Waals surface area contributed by atoms with Crippen LogP contribution < -0.4 is 4.74 Å². The van der Waals surface area contributed by atoms with E-state index in [9.17, 15) is 8.42 Å². The number of hydrogen-bond acceptors (Lipinski definition) is 3. The monoisotopic (exact) mass is 378 g/mol. The van der Waals surface area contributed by atoms with Crippen molar-refractivity contribution in [3.63, 3.8) is 0 Å². The SMILES string of the molecule is C=C(C)c1ccccc1OCc1ccccc1CS(=O)(=O)c1ccccc1. The number of sulfone groups is 1. The van der Waals surface area contributed by atoms with Gasteiger partial charge in [-0.05, 0) is 41.8 Å². The standard InChI is InChI=1S/C23H22O3S/c1-18(2)22-14-8-9-15-23(22)26-16-19-10-6-7-11-20(19)17-27(24,25)21-12-4-3-5-13-21/h3-15H,1,16-17H2,2H3. The van der Waals surface area contributed by atoms with Crippen LogP contribution in [-0.2, 0) is 22.2 Å². The predicted molar refractivity (Wildman–Crippen MR) is 109 cm³/mol. The van der Waals surface area contributed by atoms with Crippen molar-refractivity contribution in [3.05, 3.63) is 102 Å². The van der Waals surface area contributed by atoms with Crippen LogP contribution in [0.4, 0.5) is 0 Å². The highest BCUT2D eigenvalue weighted by Crippen LogP contribution is 2.26. The van der Waals surface area contributed by atoms with Crippen molar-refractivity contribution in [2.45, 2.75) is 24.2 Å². The number of hydrogen-bond donors (Lipinski definition) is 0. The molecule has 0 fully saturated rings.